The number of hydrogen-bond donors (Lipinski definition) is 1. The van der Waals surface area contributed by atoms with Gasteiger partial charge in [-0.25, -0.2) is 0 Å². The molecular weight excluding hydrogens is 443 g/mol. The molecule has 166 valence electrons. The zero-order valence-corrected chi connectivity index (χ0v) is 19.5. The predicted molar refractivity (Wildman–Crippen MR) is 132 cm³/mol. The molecule has 1 aliphatic rings. The van der Waals surface area contributed by atoms with E-state index in [1.54, 1.807) is 42.5 Å². The van der Waals surface area contributed by atoms with Crippen LogP contribution in [0.3, 0.4) is 0 Å². The lowest BCUT2D eigenvalue weighted by molar-refractivity contribution is 0.102. The average molecular weight is 469 g/mol. The summed E-state index contributed by atoms with van der Waals surface area (Å²) in [6, 6.07) is 15.9. The number of rotatable bonds is 5. The molecule has 0 bridgehead atoms. The van der Waals surface area contributed by atoms with Gasteiger partial charge in [0.25, 0.3) is 5.91 Å². The quantitative estimate of drug-likeness (QED) is 0.439. The third-order valence-corrected chi connectivity index (χ3v) is 6.70. The Morgan fingerprint density at radius 1 is 1.03 bits per heavy atom. The van der Waals surface area contributed by atoms with E-state index in [9.17, 15) is 9.59 Å². The summed E-state index contributed by atoms with van der Waals surface area (Å²) in [5.41, 5.74) is 2.45. The SMILES string of the molecule is Cc1cc(=O)c(C(=O)Nc2ccccc2Cl)c(-c2cccc(Cl)c2)n1CC1CCCCC1. The molecule has 0 atom stereocenters. The van der Waals surface area contributed by atoms with Gasteiger partial charge in [0, 0.05) is 28.9 Å². The first kappa shape index (κ1) is 22.6. The first-order valence-corrected chi connectivity index (χ1v) is 11.8. The molecule has 1 amide bonds. The molecule has 1 saturated carbocycles. The molecule has 1 aliphatic carbocycles. The Kier molecular flexibility index (Phi) is 7.02. The van der Waals surface area contributed by atoms with E-state index in [1.807, 2.05) is 19.1 Å². The first-order valence-electron chi connectivity index (χ1n) is 11.0. The van der Waals surface area contributed by atoms with Crippen LogP contribution in [0.15, 0.2) is 59.4 Å². The van der Waals surface area contributed by atoms with E-state index >= 15 is 0 Å². The second-order valence-corrected chi connectivity index (χ2v) is 9.28. The van der Waals surface area contributed by atoms with Crippen molar-refractivity contribution in [3.63, 3.8) is 0 Å². The van der Waals surface area contributed by atoms with Gasteiger partial charge in [0.15, 0.2) is 5.43 Å². The summed E-state index contributed by atoms with van der Waals surface area (Å²) in [7, 11) is 0. The maximum Gasteiger partial charge on any atom is 0.261 e. The number of aromatic nitrogens is 1. The zero-order valence-electron chi connectivity index (χ0n) is 18.0. The number of anilines is 1. The summed E-state index contributed by atoms with van der Waals surface area (Å²) < 4.78 is 2.12. The van der Waals surface area contributed by atoms with Crippen LogP contribution in [0.1, 0.15) is 48.2 Å². The Morgan fingerprint density at radius 2 is 1.78 bits per heavy atom. The molecule has 4 nitrogen and oxygen atoms in total. The molecule has 1 N–H and O–H groups in total. The highest BCUT2D eigenvalue weighted by Crippen LogP contribution is 2.31. The maximum absolute atomic E-state index is 13.4. The van der Waals surface area contributed by atoms with E-state index < -0.39 is 5.91 Å². The van der Waals surface area contributed by atoms with Crippen LogP contribution >= 0.6 is 23.2 Å². The molecule has 0 saturated heterocycles. The number of nitrogens with zero attached hydrogens (tertiary/aromatic N) is 1. The Labute approximate surface area is 198 Å². The van der Waals surface area contributed by atoms with Gasteiger partial charge in [-0.1, -0.05) is 66.7 Å². The highest BCUT2D eigenvalue weighted by molar-refractivity contribution is 6.34. The summed E-state index contributed by atoms with van der Waals surface area (Å²) in [6.45, 7) is 2.69. The highest BCUT2D eigenvalue weighted by Gasteiger charge is 2.24. The van der Waals surface area contributed by atoms with Crippen molar-refractivity contribution < 1.29 is 4.79 Å². The van der Waals surface area contributed by atoms with E-state index in [-0.39, 0.29) is 11.0 Å². The summed E-state index contributed by atoms with van der Waals surface area (Å²) in [4.78, 5) is 26.5. The van der Waals surface area contributed by atoms with Crippen LogP contribution in [0.25, 0.3) is 11.3 Å². The zero-order chi connectivity index (χ0) is 22.7. The van der Waals surface area contributed by atoms with E-state index in [0.717, 1.165) is 30.6 Å². The van der Waals surface area contributed by atoms with Crippen molar-refractivity contribution in [2.24, 2.45) is 5.92 Å². The van der Waals surface area contributed by atoms with Gasteiger partial charge in [0.05, 0.1) is 16.4 Å². The van der Waals surface area contributed by atoms with Gasteiger partial charge in [-0.05, 0) is 49.9 Å². The van der Waals surface area contributed by atoms with Gasteiger partial charge >= 0.3 is 0 Å². The number of hydrogen-bond acceptors (Lipinski definition) is 2. The number of para-hydroxylation sites is 1. The van der Waals surface area contributed by atoms with Crippen molar-refractivity contribution in [3.8, 4) is 11.3 Å². The van der Waals surface area contributed by atoms with Crippen LogP contribution < -0.4 is 10.7 Å². The van der Waals surface area contributed by atoms with Crippen LogP contribution in [0.4, 0.5) is 5.69 Å². The molecule has 6 heteroatoms. The first-order chi connectivity index (χ1) is 15.4. The molecule has 1 heterocycles. The molecule has 32 heavy (non-hydrogen) atoms. The van der Waals surface area contributed by atoms with Gasteiger partial charge in [0.1, 0.15) is 5.56 Å². The largest absolute Gasteiger partial charge is 0.344 e. The lowest BCUT2D eigenvalue weighted by Crippen LogP contribution is -2.28. The van der Waals surface area contributed by atoms with Crippen molar-refractivity contribution >= 4 is 34.8 Å². The second kappa shape index (κ2) is 9.93. The van der Waals surface area contributed by atoms with E-state index in [4.69, 9.17) is 23.2 Å². The molecule has 4 rings (SSSR count). The van der Waals surface area contributed by atoms with Gasteiger partial charge in [-0.15, -0.1) is 0 Å². The summed E-state index contributed by atoms with van der Waals surface area (Å²) in [6.07, 6.45) is 6.02. The van der Waals surface area contributed by atoms with Crippen LogP contribution in [0.2, 0.25) is 10.0 Å². The number of pyridine rings is 1. The lowest BCUT2D eigenvalue weighted by atomic mass is 9.88. The van der Waals surface area contributed by atoms with E-state index in [2.05, 4.69) is 9.88 Å². The number of amides is 1. The fourth-order valence-electron chi connectivity index (χ4n) is 4.53. The number of carbonyl (C=O) groups is 1. The number of aryl methyl sites for hydroxylation is 1. The lowest BCUT2D eigenvalue weighted by Gasteiger charge is -2.27. The Balaban J connectivity index is 1.86. The fourth-order valence-corrected chi connectivity index (χ4v) is 4.91. The van der Waals surface area contributed by atoms with Gasteiger partial charge < -0.3 is 9.88 Å². The minimum Gasteiger partial charge on any atom is -0.344 e. The Hall–Kier alpha value is -2.56. The molecule has 3 aromatic rings. The maximum atomic E-state index is 13.4. The number of nitrogens with one attached hydrogen (secondary N) is 1. The molecular formula is C26H26Cl2N2O2. The number of benzene rings is 2. The van der Waals surface area contributed by atoms with Crippen LogP contribution in [0.5, 0.6) is 0 Å². The number of carbonyl (C=O) groups excluding carboxylic acids is 1. The minimum atomic E-state index is -0.476. The molecule has 0 spiro atoms. The Morgan fingerprint density at radius 3 is 2.50 bits per heavy atom. The fraction of sp³-hybridized carbons (Fsp3) is 0.308. The average Bonchev–Trinajstić information content (AvgIpc) is 2.77. The van der Waals surface area contributed by atoms with Crippen LogP contribution in [0, 0.1) is 12.8 Å². The highest BCUT2D eigenvalue weighted by atomic mass is 35.5. The third kappa shape index (κ3) is 4.92. The minimum absolute atomic E-state index is 0.105. The standard InChI is InChI=1S/C26H26Cl2N2O2/c1-17-14-23(31)24(26(32)29-22-13-6-5-12-21(22)28)25(19-10-7-11-20(27)15-19)30(17)16-18-8-3-2-4-9-18/h5-7,10-15,18H,2-4,8-9,16H2,1H3,(H,29,32). The molecule has 0 unspecified atom stereocenters. The topological polar surface area (TPSA) is 51.1 Å². The summed E-state index contributed by atoms with van der Waals surface area (Å²) in [5.74, 6) is 0.0397. The molecule has 0 radical (unpaired) electrons. The molecule has 1 aromatic heterocycles. The number of halogens is 2. The van der Waals surface area contributed by atoms with Crippen LogP contribution in [-0.4, -0.2) is 10.5 Å². The van der Waals surface area contributed by atoms with Crippen molar-refractivity contribution in [2.45, 2.75) is 45.6 Å². The smallest absolute Gasteiger partial charge is 0.261 e. The van der Waals surface area contributed by atoms with Gasteiger partial charge in [-0.2, -0.15) is 0 Å². The third-order valence-electron chi connectivity index (χ3n) is 6.13. The van der Waals surface area contributed by atoms with Crippen molar-refractivity contribution in [1.29, 1.82) is 0 Å². The molecule has 2 aromatic carbocycles. The van der Waals surface area contributed by atoms with Crippen molar-refractivity contribution in [3.05, 3.63) is 86.1 Å². The Bertz CT molecular complexity index is 1200. The van der Waals surface area contributed by atoms with Crippen molar-refractivity contribution in [1.82, 2.24) is 4.57 Å². The molecule has 0 aliphatic heterocycles. The summed E-state index contributed by atoms with van der Waals surface area (Å²) >= 11 is 12.5. The van der Waals surface area contributed by atoms with E-state index in [1.165, 1.54) is 19.3 Å². The van der Waals surface area contributed by atoms with Gasteiger partial charge in [-0.3, -0.25) is 9.59 Å². The predicted octanol–water partition coefficient (Wildman–Crippen LogP) is 6.96. The van der Waals surface area contributed by atoms with Crippen LogP contribution in [-0.2, 0) is 6.54 Å². The van der Waals surface area contributed by atoms with Crippen molar-refractivity contribution in [2.75, 3.05) is 5.32 Å². The van der Waals surface area contributed by atoms with Gasteiger partial charge in [0.2, 0.25) is 0 Å². The normalized spacial score (nSPS) is 14.3. The second-order valence-electron chi connectivity index (χ2n) is 8.43. The summed E-state index contributed by atoms with van der Waals surface area (Å²) in [5, 5.41) is 3.80. The molecule has 1 fully saturated rings. The van der Waals surface area contributed by atoms with E-state index in [0.29, 0.717) is 27.3 Å². The monoisotopic (exact) mass is 468 g/mol.